The molecule has 5 nitrogen and oxygen atoms in total. The summed E-state index contributed by atoms with van der Waals surface area (Å²) < 4.78 is 28.1. The van der Waals surface area contributed by atoms with Crippen molar-refractivity contribution in [3.8, 4) is 0 Å². The van der Waals surface area contributed by atoms with Gasteiger partial charge in [-0.2, -0.15) is 0 Å². The van der Waals surface area contributed by atoms with E-state index in [1.165, 1.54) is 13.2 Å². The smallest absolute Gasteiger partial charge is 0.261 e. The van der Waals surface area contributed by atoms with Gasteiger partial charge in [0.05, 0.1) is 28.1 Å². The maximum Gasteiger partial charge on any atom is 0.261 e. The third kappa shape index (κ3) is 5.10. The van der Waals surface area contributed by atoms with Crippen LogP contribution in [-0.2, 0) is 13.8 Å². The van der Waals surface area contributed by atoms with Crippen molar-refractivity contribution in [3.63, 3.8) is 0 Å². The summed E-state index contributed by atoms with van der Waals surface area (Å²) in [6, 6.07) is 2.19. The number of ether oxygens (including phenoxy) is 1. The maximum absolute atomic E-state index is 12.2. The Morgan fingerprint density at radius 3 is 2.57 bits per heavy atom. The van der Waals surface area contributed by atoms with Gasteiger partial charge in [0.2, 0.25) is 0 Å². The molecule has 1 unspecified atom stereocenters. The van der Waals surface area contributed by atoms with Crippen molar-refractivity contribution in [1.29, 1.82) is 0 Å². The lowest BCUT2D eigenvalue weighted by Crippen LogP contribution is -2.37. The van der Waals surface area contributed by atoms with Gasteiger partial charge in [0.25, 0.3) is 15.0 Å². The van der Waals surface area contributed by atoms with Crippen molar-refractivity contribution in [2.75, 3.05) is 13.7 Å². The van der Waals surface area contributed by atoms with Crippen LogP contribution in [0.3, 0.4) is 0 Å². The van der Waals surface area contributed by atoms with Gasteiger partial charge in [-0.05, 0) is 34.5 Å². The van der Waals surface area contributed by atoms with Gasteiger partial charge in [-0.15, -0.1) is 0 Å². The first kappa shape index (κ1) is 18.7. The Kier molecular flexibility index (Phi) is 6.93. The topological polar surface area (TPSA) is 72.5 Å². The molecule has 0 radical (unpaired) electrons. The Bertz CT molecular complexity index is 636. The molecular weight excluding hydrogens is 405 g/mol. The maximum atomic E-state index is 12.2. The van der Waals surface area contributed by atoms with Crippen molar-refractivity contribution in [2.45, 2.75) is 24.3 Å². The number of carbonyl (C=O) groups is 1. The predicted octanol–water partition coefficient (Wildman–Crippen LogP) is 3.18. The van der Waals surface area contributed by atoms with Crippen molar-refractivity contribution in [3.05, 3.63) is 27.2 Å². The zero-order chi connectivity index (χ0) is 16.2. The van der Waals surface area contributed by atoms with E-state index in [2.05, 4.69) is 21.2 Å². The van der Waals surface area contributed by atoms with Crippen molar-refractivity contribution >= 4 is 53.2 Å². The van der Waals surface area contributed by atoms with Crippen molar-refractivity contribution in [2.24, 2.45) is 0 Å². The SMILES string of the molecule is CCC(COC)NC(=O)c1cc(S(=O)(=O)Cl)cc(Br)c1Cl. The summed E-state index contributed by atoms with van der Waals surface area (Å²) >= 11 is 9.15. The van der Waals surface area contributed by atoms with E-state index in [9.17, 15) is 13.2 Å². The standard InChI is InChI=1S/C12H14BrCl2NO4S/c1-3-7(6-20-2)16-12(17)9-4-8(21(15,18)19)5-10(13)11(9)14/h4-5,7H,3,6H2,1-2H3,(H,16,17). The number of nitrogens with one attached hydrogen (secondary N) is 1. The Hall–Kier alpha value is -0.340. The number of methoxy groups -OCH3 is 1. The van der Waals surface area contributed by atoms with Crippen LogP contribution < -0.4 is 5.32 Å². The lowest BCUT2D eigenvalue weighted by atomic mass is 10.1. The highest BCUT2D eigenvalue weighted by Crippen LogP contribution is 2.31. The van der Waals surface area contributed by atoms with Crippen molar-refractivity contribution < 1.29 is 17.9 Å². The fraction of sp³-hybridized carbons (Fsp3) is 0.417. The van der Waals surface area contributed by atoms with E-state index in [1.54, 1.807) is 0 Å². The monoisotopic (exact) mass is 417 g/mol. The van der Waals surface area contributed by atoms with Crippen LogP contribution in [0.1, 0.15) is 23.7 Å². The molecule has 0 fully saturated rings. The molecule has 1 aromatic carbocycles. The minimum atomic E-state index is -3.96. The van der Waals surface area contributed by atoms with Gasteiger partial charge in [-0.25, -0.2) is 8.42 Å². The van der Waals surface area contributed by atoms with Crippen LogP contribution in [0.4, 0.5) is 0 Å². The minimum absolute atomic E-state index is 0.0276. The number of hydrogen-bond donors (Lipinski definition) is 1. The largest absolute Gasteiger partial charge is 0.383 e. The number of halogens is 3. The summed E-state index contributed by atoms with van der Waals surface area (Å²) in [5.41, 5.74) is 0.0276. The van der Waals surface area contributed by atoms with E-state index < -0.39 is 15.0 Å². The molecule has 0 heterocycles. The molecule has 0 saturated carbocycles. The number of hydrogen-bond acceptors (Lipinski definition) is 4. The van der Waals surface area contributed by atoms with Crippen molar-refractivity contribution in [1.82, 2.24) is 5.32 Å². The Labute approximate surface area is 141 Å². The first-order valence-electron chi connectivity index (χ1n) is 5.94. The highest BCUT2D eigenvalue weighted by Gasteiger charge is 2.21. The Balaban J connectivity index is 3.17. The summed E-state index contributed by atoms with van der Waals surface area (Å²) in [6.45, 7) is 2.23. The van der Waals surface area contributed by atoms with Crippen LogP contribution in [0.5, 0.6) is 0 Å². The number of amides is 1. The highest BCUT2D eigenvalue weighted by molar-refractivity contribution is 9.10. The van der Waals surface area contributed by atoms with Crippen LogP contribution >= 0.6 is 38.2 Å². The molecule has 0 aliphatic carbocycles. The van der Waals surface area contributed by atoms with E-state index in [1.807, 2.05) is 6.92 Å². The molecule has 21 heavy (non-hydrogen) atoms. The van der Waals surface area contributed by atoms with Gasteiger partial charge >= 0.3 is 0 Å². The van der Waals surface area contributed by atoms with Gasteiger partial charge < -0.3 is 10.1 Å². The molecule has 1 N–H and O–H groups in total. The molecule has 0 bridgehead atoms. The number of benzene rings is 1. The molecular formula is C12H14BrCl2NO4S. The lowest BCUT2D eigenvalue weighted by molar-refractivity contribution is 0.0894. The molecule has 0 aliphatic heterocycles. The third-order valence-electron chi connectivity index (χ3n) is 2.72. The zero-order valence-corrected chi connectivity index (χ0v) is 15.2. The molecule has 1 amide bonds. The van der Waals surface area contributed by atoms with Gasteiger partial charge in [0.15, 0.2) is 0 Å². The summed E-state index contributed by atoms with van der Waals surface area (Å²) in [5, 5.41) is 2.84. The second kappa shape index (κ2) is 7.78. The van der Waals surface area contributed by atoms with E-state index >= 15 is 0 Å². The van der Waals surface area contributed by atoms with Gasteiger partial charge in [-0.3, -0.25) is 4.79 Å². The molecule has 118 valence electrons. The molecule has 9 heteroatoms. The normalized spacial score (nSPS) is 13.0. The average molecular weight is 419 g/mol. The van der Waals surface area contributed by atoms with Crippen LogP contribution in [0, 0.1) is 0 Å². The summed E-state index contributed by atoms with van der Waals surface area (Å²) in [6.07, 6.45) is 0.659. The molecule has 0 saturated heterocycles. The predicted molar refractivity (Wildman–Crippen MR) is 85.6 cm³/mol. The zero-order valence-electron chi connectivity index (χ0n) is 11.3. The first-order chi connectivity index (χ1) is 9.70. The van der Waals surface area contributed by atoms with Gasteiger partial charge in [0, 0.05) is 22.3 Å². The molecule has 0 aliphatic rings. The molecule has 1 atom stereocenters. The van der Waals surface area contributed by atoms with Crippen LogP contribution in [0.15, 0.2) is 21.5 Å². The molecule has 0 aromatic heterocycles. The van der Waals surface area contributed by atoms with E-state index in [0.29, 0.717) is 13.0 Å². The van der Waals surface area contributed by atoms with Crippen LogP contribution in [0.25, 0.3) is 0 Å². The van der Waals surface area contributed by atoms with Gasteiger partial charge in [0.1, 0.15) is 0 Å². The molecule has 0 spiro atoms. The summed E-state index contributed by atoms with van der Waals surface area (Å²) in [4.78, 5) is 12.0. The van der Waals surface area contributed by atoms with Crippen LogP contribution in [0.2, 0.25) is 5.02 Å². The van der Waals surface area contributed by atoms with E-state index in [4.69, 9.17) is 27.0 Å². The van der Waals surface area contributed by atoms with Gasteiger partial charge in [-0.1, -0.05) is 18.5 Å². The summed E-state index contributed by atoms with van der Waals surface area (Å²) in [7, 11) is 2.86. The second-order valence-electron chi connectivity index (χ2n) is 4.24. The van der Waals surface area contributed by atoms with E-state index in [0.717, 1.165) is 6.07 Å². The minimum Gasteiger partial charge on any atom is -0.383 e. The fourth-order valence-corrected chi connectivity index (χ4v) is 3.19. The van der Waals surface area contributed by atoms with E-state index in [-0.39, 0.29) is 26.0 Å². The second-order valence-corrected chi connectivity index (χ2v) is 8.04. The number of carbonyl (C=O) groups excluding carboxylic acids is 1. The molecule has 1 rings (SSSR count). The van der Waals surface area contributed by atoms with Crippen LogP contribution in [-0.4, -0.2) is 34.1 Å². The number of rotatable bonds is 6. The Morgan fingerprint density at radius 1 is 1.48 bits per heavy atom. The molecule has 1 aromatic rings. The lowest BCUT2D eigenvalue weighted by Gasteiger charge is -2.17. The quantitative estimate of drug-likeness (QED) is 0.720. The average Bonchev–Trinajstić information content (AvgIpc) is 2.39. The summed E-state index contributed by atoms with van der Waals surface area (Å²) in [5.74, 6) is -0.494. The Morgan fingerprint density at radius 2 is 2.10 bits per heavy atom. The third-order valence-corrected chi connectivity index (χ3v) is 5.32. The highest BCUT2D eigenvalue weighted by atomic mass is 79.9. The fourth-order valence-electron chi connectivity index (χ4n) is 1.60. The first-order valence-corrected chi connectivity index (χ1v) is 9.42.